The van der Waals surface area contributed by atoms with E-state index in [4.69, 9.17) is 0 Å². The number of halogens is 3. The first-order valence-corrected chi connectivity index (χ1v) is 14.0. The third-order valence-electron chi connectivity index (χ3n) is 6.82. The summed E-state index contributed by atoms with van der Waals surface area (Å²) in [5.74, 6) is -3.28. The summed E-state index contributed by atoms with van der Waals surface area (Å²) in [7, 11) is -1.65. The summed E-state index contributed by atoms with van der Waals surface area (Å²) in [6.07, 6.45) is 0.235. The molecule has 0 atom stereocenters. The summed E-state index contributed by atoms with van der Waals surface area (Å²) in [6, 6.07) is 14.2. The van der Waals surface area contributed by atoms with Gasteiger partial charge in [-0.05, 0) is 42.0 Å². The number of aromatic nitrogens is 1. The van der Waals surface area contributed by atoms with Gasteiger partial charge in [-0.2, -0.15) is 13.2 Å². The second kappa shape index (κ2) is 10.8. The van der Waals surface area contributed by atoms with E-state index in [0.717, 1.165) is 54.3 Å². The van der Waals surface area contributed by atoms with E-state index in [-0.39, 0.29) is 23.9 Å². The molecule has 1 heterocycles. The number of carbonyl (C=O) groups excluding carboxylic acids is 2. The molecule has 1 saturated carbocycles. The van der Waals surface area contributed by atoms with E-state index in [9.17, 15) is 31.2 Å². The van der Waals surface area contributed by atoms with E-state index in [1.165, 1.54) is 21.8 Å². The molecule has 0 bridgehead atoms. The Morgan fingerprint density at radius 3 is 2.29 bits per heavy atom. The molecule has 11 heteroatoms. The maximum absolute atomic E-state index is 12.9. The van der Waals surface area contributed by atoms with E-state index in [1.807, 2.05) is 34.9 Å². The van der Waals surface area contributed by atoms with Crippen LogP contribution in [0.4, 0.5) is 13.2 Å². The number of sulfonamides is 1. The first-order chi connectivity index (χ1) is 17.9. The Hall–Kier alpha value is -3.34. The Morgan fingerprint density at radius 2 is 1.68 bits per heavy atom. The van der Waals surface area contributed by atoms with Crippen LogP contribution >= 0.6 is 0 Å². The smallest absolute Gasteiger partial charge is 0.347 e. The fraction of sp³-hybridized carbons (Fsp3) is 0.407. The van der Waals surface area contributed by atoms with Crippen LogP contribution in [0.15, 0.2) is 48.5 Å². The maximum Gasteiger partial charge on any atom is 0.404 e. The molecule has 3 aromatic rings. The van der Waals surface area contributed by atoms with Crippen LogP contribution in [0.1, 0.15) is 53.9 Å². The van der Waals surface area contributed by atoms with Crippen molar-refractivity contribution >= 4 is 32.7 Å². The molecule has 204 valence electrons. The second-order valence-corrected chi connectivity index (χ2v) is 11.6. The van der Waals surface area contributed by atoms with Gasteiger partial charge in [-0.3, -0.25) is 9.59 Å². The lowest BCUT2D eigenvalue weighted by atomic mass is 9.82. The zero-order valence-corrected chi connectivity index (χ0v) is 22.0. The van der Waals surface area contributed by atoms with E-state index >= 15 is 0 Å². The highest BCUT2D eigenvalue weighted by Crippen LogP contribution is 2.44. The predicted octanol–water partition coefficient (Wildman–Crippen LogP) is 5.07. The van der Waals surface area contributed by atoms with Crippen molar-refractivity contribution in [3.05, 3.63) is 59.7 Å². The minimum atomic E-state index is -4.99. The average molecular weight is 550 g/mol. The summed E-state index contributed by atoms with van der Waals surface area (Å²) in [4.78, 5) is 27.1. The Balaban J connectivity index is 1.89. The van der Waals surface area contributed by atoms with Gasteiger partial charge in [0.15, 0.2) is 5.75 Å². The Labute approximate surface area is 219 Å². The fourth-order valence-corrected chi connectivity index (χ4v) is 6.03. The molecule has 1 fully saturated rings. The highest BCUT2D eigenvalue weighted by Gasteiger charge is 2.36. The van der Waals surface area contributed by atoms with Gasteiger partial charge in [0.25, 0.3) is 5.91 Å². The number of carbonyl (C=O) groups is 2. The monoisotopic (exact) mass is 549 g/mol. The van der Waals surface area contributed by atoms with Crippen LogP contribution in [0.3, 0.4) is 0 Å². The van der Waals surface area contributed by atoms with Gasteiger partial charge in [-0.1, -0.05) is 55.7 Å². The molecule has 4 rings (SSSR count). The van der Waals surface area contributed by atoms with Gasteiger partial charge >= 0.3 is 6.18 Å². The molecule has 0 radical (unpaired) electrons. The number of nitrogens with zero attached hydrogens (tertiary/aromatic N) is 2. The Kier molecular flexibility index (Phi) is 7.87. The molecule has 0 aliphatic heterocycles. The summed E-state index contributed by atoms with van der Waals surface area (Å²) >= 11 is 0. The van der Waals surface area contributed by atoms with Crippen molar-refractivity contribution in [3.63, 3.8) is 0 Å². The standard InChI is InChI=1S/C27H30F3N3O4S/c1-32(2)23(34)16-33-22-15-20(26(35)31-38(36,37)17-27(28,29)30)13-14-21(22)24(18-9-5-3-6-10-18)25(33)19-11-7-4-8-12-19/h4,7-8,11-15,18H,3,5-6,9-10,16-17H2,1-2H3,(H,31,35). The van der Waals surface area contributed by atoms with Crippen molar-refractivity contribution in [1.29, 1.82) is 0 Å². The van der Waals surface area contributed by atoms with E-state index in [2.05, 4.69) is 0 Å². The SMILES string of the molecule is CN(C)C(=O)Cn1c(-c2ccccc2)c(C2CCCCC2)c2ccc(C(=O)NS(=O)(=O)CC(F)(F)F)cc21. The molecule has 1 N–H and O–H groups in total. The van der Waals surface area contributed by atoms with Crippen LogP contribution in [0, 0.1) is 0 Å². The molecular formula is C27H30F3N3O4S. The molecular weight excluding hydrogens is 519 g/mol. The molecule has 2 aromatic carbocycles. The van der Waals surface area contributed by atoms with Crippen LogP contribution in [0.5, 0.6) is 0 Å². The first kappa shape index (κ1) is 27.7. The second-order valence-electron chi connectivity index (χ2n) is 9.87. The van der Waals surface area contributed by atoms with Crippen molar-refractivity contribution < 1.29 is 31.2 Å². The molecule has 2 amide bonds. The molecule has 7 nitrogen and oxygen atoms in total. The third kappa shape index (κ3) is 6.20. The van der Waals surface area contributed by atoms with E-state index in [0.29, 0.717) is 5.52 Å². The van der Waals surface area contributed by atoms with Gasteiger partial charge in [0.05, 0.1) is 11.2 Å². The van der Waals surface area contributed by atoms with Gasteiger partial charge in [0.2, 0.25) is 15.9 Å². The van der Waals surface area contributed by atoms with E-state index in [1.54, 1.807) is 20.2 Å². The number of rotatable bonds is 7. The third-order valence-corrected chi connectivity index (χ3v) is 8.02. The zero-order valence-electron chi connectivity index (χ0n) is 21.2. The van der Waals surface area contributed by atoms with Crippen LogP contribution in [-0.2, 0) is 21.4 Å². The maximum atomic E-state index is 12.9. The highest BCUT2D eigenvalue weighted by atomic mass is 32.2. The lowest BCUT2D eigenvalue weighted by molar-refractivity contribution is -0.129. The molecule has 1 aliphatic rings. The van der Waals surface area contributed by atoms with E-state index < -0.39 is 27.9 Å². The minimum Gasteiger partial charge on any atom is -0.347 e. The van der Waals surface area contributed by atoms with Crippen LogP contribution < -0.4 is 4.72 Å². The number of hydrogen-bond donors (Lipinski definition) is 1. The van der Waals surface area contributed by atoms with Crippen molar-refractivity contribution in [2.75, 3.05) is 19.8 Å². The largest absolute Gasteiger partial charge is 0.404 e. The van der Waals surface area contributed by atoms with Crippen LogP contribution in [0.2, 0.25) is 0 Å². The van der Waals surface area contributed by atoms with Crippen molar-refractivity contribution in [3.8, 4) is 11.3 Å². The number of nitrogens with one attached hydrogen (secondary N) is 1. The highest BCUT2D eigenvalue weighted by molar-refractivity contribution is 7.90. The number of amides is 2. The number of likely N-dealkylation sites (N-methyl/N-ethyl adjacent to an activating group) is 1. The fourth-order valence-electron chi connectivity index (χ4n) is 5.12. The van der Waals surface area contributed by atoms with Gasteiger partial charge in [-0.25, -0.2) is 13.1 Å². The molecule has 38 heavy (non-hydrogen) atoms. The number of fused-ring (bicyclic) bond motifs is 1. The topological polar surface area (TPSA) is 88.5 Å². The normalized spacial score (nSPS) is 15.0. The summed E-state index contributed by atoms with van der Waals surface area (Å²) in [5, 5.41) is 0.831. The van der Waals surface area contributed by atoms with Crippen LogP contribution in [-0.4, -0.2) is 55.7 Å². The Morgan fingerprint density at radius 1 is 1.03 bits per heavy atom. The van der Waals surface area contributed by atoms with Crippen molar-refractivity contribution in [1.82, 2.24) is 14.2 Å². The molecule has 0 unspecified atom stereocenters. The zero-order chi connectivity index (χ0) is 27.7. The number of hydrogen-bond acceptors (Lipinski definition) is 4. The van der Waals surface area contributed by atoms with Crippen LogP contribution in [0.25, 0.3) is 22.2 Å². The Bertz CT molecular complexity index is 1440. The van der Waals surface area contributed by atoms with Gasteiger partial charge in [0.1, 0.15) is 6.54 Å². The van der Waals surface area contributed by atoms with Gasteiger partial charge < -0.3 is 9.47 Å². The summed E-state index contributed by atoms with van der Waals surface area (Å²) in [6.45, 7) is -0.0299. The predicted molar refractivity (Wildman–Crippen MR) is 139 cm³/mol. The summed E-state index contributed by atoms with van der Waals surface area (Å²) in [5.41, 5.74) is 3.24. The minimum absolute atomic E-state index is 0.0299. The number of alkyl halides is 3. The first-order valence-electron chi connectivity index (χ1n) is 12.4. The lowest BCUT2D eigenvalue weighted by Crippen LogP contribution is -2.37. The van der Waals surface area contributed by atoms with Crippen molar-refractivity contribution in [2.24, 2.45) is 0 Å². The average Bonchev–Trinajstić information content (AvgIpc) is 3.16. The quantitative estimate of drug-likeness (QED) is 0.446. The van der Waals surface area contributed by atoms with Gasteiger partial charge in [-0.15, -0.1) is 0 Å². The summed E-state index contributed by atoms with van der Waals surface area (Å²) < 4.78 is 65.2. The molecule has 0 saturated heterocycles. The van der Waals surface area contributed by atoms with Crippen molar-refractivity contribution in [2.45, 2.75) is 50.7 Å². The lowest BCUT2D eigenvalue weighted by Gasteiger charge is -2.24. The molecule has 1 aromatic heterocycles. The van der Waals surface area contributed by atoms with Gasteiger partial charge in [0, 0.05) is 25.0 Å². The molecule has 1 aliphatic carbocycles. The molecule has 0 spiro atoms. The number of benzene rings is 2.